The molecule has 20 heavy (non-hydrogen) atoms. The summed E-state index contributed by atoms with van der Waals surface area (Å²) in [7, 11) is 1.88. The summed E-state index contributed by atoms with van der Waals surface area (Å²) in [5, 5.41) is 12.6. The maximum absolute atomic E-state index is 12.3. The highest BCUT2D eigenvalue weighted by Gasteiger charge is 2.22. The molecular formula is C15H18N2O3. The molecule has 0 bridgehead atoms. The number of hydrogen-bond acceptors (Lipinski definition) is 2. The van der Waals surface area contributed by atoms with Crippen molar-refractivity contribution in [1.29, 1.82) is 0 Å². The number of carbonyl (C=O) groups is 2. The Morgan fingerprint density at radius 3 is 2.55 bits per heavy atom. The van der Waals surface area contributed by atoms with Crippen LogP contribution in [0.25, 0.3) is 10.9 Å². The molecule has 1 heterocycles. The molecule has 0 spiro atoms. The van der Waals surface area contributed by atoms with E-state index in [4.69, 9.17) is 5.11 Å². The predicted octanol–water partition coefficient (Wildman–Crippen LogP) is 2.02. The van der Waals surface area contributed by atoms with E-state index in [1.54, 1.807) is 20.0 Å². The average Bonchev–Trinajstić information content (AvgIpc) is 2.75. The van der Waals surface area contributed by atoms with Crippen molar-refractivity contribution in [2.24, 2.45) is 13.0 Å². The van der Waals surface area contributed by atoms with Crippen LogP contribution in [0.15, 0.2) is 30.5 Å². The molecule has 1 aromatic heterocycles. The molecular weight excluding hydrogens is 256 g/mol. The number of nitrogens with zero attached hydrogens (tertiary/aromatic N) is 1. The first kappa shape index (κ1) is 14.1. The molecule has 5 heteroatoms. The van der Waals surface area contributed by atoms with Gasteiger partial charge in [-0.2, -0.15) is 0 Å². The number of para-hydroxylation sites is 1. The lowest BCUT2D eigenvalue weighted by Gasteiger charge is -2.17. The highest BCUT2D eigenvalue weighted by molar-refractivity contribution is 6.07. The Hall–Kier alpha value is -2.30. The van der Waals surface area contributed by atoms with E-state index in [1.807, 2.05) is 35.9 Å². The first-order valence-corrected chi connectivity index (χ1v) is 6.49. The van der Waals surface area contributed by atoms with Gasteiger partial charge in [-0.05, 0) is 19.9 Å². The van der Waals surface area contributed by atoms with E-state index in [-0.39, 0.29) is 5.91 Å². The minimum absolute atomic E-state index is 0.248. The van der Waals surface area contributed by atoms with Crippen molar-refractivity contribution in [1.82, 2.24) is 9.88 Å². The fourth-order valence-electron chi connectivity index (χ4n) is 2.15. The van der Waals surface area contributed by atoms with Gasteiger partial charge in [-0.3, -0.25) is 9.59 Å². The van der Waals surface area contributed by atoms with Crippen molar-refractivity contribution in [2.75, 3.05) is 0 Å². The Morgan fingerprint density at radius 1 is 1.25 bits per heavy atom. The first-order chi connectivity index (χ1) is 9.41. The number of carbonyl (C=O) groups excluding carboxylic acids is 1. The van der Waals surface area contributed by atoms with Crippen molar-refractivity contribution >= 4 is 22.8 Å². The quantitative estimate of drug-likeness (QED) is 0.896. The average molecular weight is 274 g/mol. The van der Waals surface area contributed by atoms with Crippen LogP contribution in [0.2, 0.25) is 0 Å². The van der Waals surface area contributed by atoms with Crippen LogP contribution in [0.4, 0.5) is 0 Å². The lowest BCUT2D eigenvalue weighted by molar-refractivity contribution is -0.141. The first-order valence-electron chi connectivity index (χ1n) is 6.49. The molecule has 2 aromatic rings. The highest BCUT2D eigenvalue weighted by Crippen LogP contribution is 2.20. The standard InChI is InChI=1S/C15H18N2O3/c1-9(15(19)20)10(2)16-14(18)12-8-17(3)13-7-5-4-6-11(12)13/h4-10H,1-3H3,(H,16,18)(H,19,20). The third-order valence-corrected chi connectivity index (χ3v) is 3.64. The smallest absolute Gasteiger partial charge is 0.308 e. The molecule has 0 radical (unpaired) electrons. The zero-order valence-electron chi connectivity index (χ0n) is 11.8. The Morgan fingerprint density at radius 2 is 1.90 bits per heavy atom. The number of aryl methyl sites for hydroxylation is 1. The Bertz CT molecular complexity index is 660. The maximum atomic E-state index is 12.3. The zero-order valence-corrected chi connectivity index (χ0v) is 11.8. The fourth-order valence-corrected chi connectivity index (χ4v) is 2.15. The lowest BCUT2D eigenvalue weighted by Crippen LogP contribution is -2.40. The minimum Gasteiger partial charge on any atom is -0.481 e. The summed E-state index contributed by atoms with van der Waals surface area (Å²) in [5.74, 6) is -1.80. The number of hydrogen-bond donors (Lipinski definition) is 2. The summed E-state index contributed by atoms with van der Waals surface area (Å²) in [6.45, 7) is 3.28. The summed E-state index contributed by atoms with van der Waals surface area (Å²) in [4.78, 5) is 23.2. The summed E-state index contributed by atoms with van der Waals surface area (Å²) in [6, 6.07) is 7.19. The highest BCUT2D eigenvalue weighted by atomic mass is 16.4. The van der Waals surface area contributed by atoms with Crippen LogP contribution in [-0.2, 0) is 11.8 Å². The van der Waals surface area contributed by atoms with Crippen LogP contribution in [0.1, 0.15) is 24.2 Å². The summed E-state index contributed by atoms with van der Waals surface area (Å²) >= 11 is 0. The molecule has 0 aliphatic heterocycles. The number of aliphatic carboxylic acids is 1. The van der Waals surface area contributed by atoms with Crippen LogP contribution in [0.3, 0.4) is 0 Å². The fraction of sp³-hybridized carbons (Fsp3) is 0.333. The topological polar surface area (TPSA) is 71.3 Å². The van der Waals surface area contributed by atoms with E-state index in [0.717, 1.165) is 10.9 Å². The summed E-state index contributed by atoms with van der Waals surface area (Å²) in [5.41, 5.74) is 1.53. The maximum Gasteiger partial charge on any atom is 0.308 e. The van der Waals surface area contributed by atoms with Crippen LogP contribution < -0.4 is 5.32 Å². The molecule has 5 nitrogen and oxygen atoms in total. The van der Waals surface area contributed by atoms with Gasteiger partial charge in [0.2, 0.25) is 0 Å². The molecule has 0 aliphatic rings. The van der Waals surface area contributed by atoms with E-state index in [2.05, 4.69) is 5.32 Å². The van der Waals surface area contributed by atoms with E-state index in [9.17, 15) is 9.59 Å². The number of benzene rings is 1. The van der Waals surface area contributed by atoms with E-state index in [0.29, 0.717) is 5.56 Å². The van der Waals surface area contributed by atoms with Crippen molar-refractivity contribution in [3.05, 3.63) is 36.0 Å². The zero-order chi connectivity index (χ0) is 14.9. The van der Waals surface area contributed by atoms with Crippen LogP contribution >= 0.6 is 0 Å². The van der Waals surface area contributed by atoms with Crippen LogP contribution in [-0.4, -0.2) is 27.6 Å². The number of carboxylic acids is 1. The summed E-state index contributed by atoms with van der Waals surface area (Å²) < 4.78 is 1.88. The van der Waals surface area contributed by atoms with Gasteiger partial charge in [-0.15, -0.1) is 0 Å². The second-order valence-corrected chi connectivity index (χ2v) is 5.06. The number of rotatable bonds is 4. The molecule has 0 saturated heterocycles. The largest absolute Gasteiger partial charge is 0.481 e. The molecule has 106 valence electrons. The molecule has 0 fully saturated rings. The lowest BCUT2D eigenvalue weighted by atomic mass is 10.0. The Labute approximate surface area is 117 Å². The van der Waals surface area contributed by atoms with Gasteiger partial charge in [0.25, 0.3) is 5.91 Å². The molecule has 2 N–H and O–H groups in total. The number of nitrogens with one attached hydrogen (secondary N) is 1. The molecule has 2 atom stereocenters. The van der Waals surface area contributed by atoms with Crippen molar-refractivity contribution in [3.8, 4) is 0 Å². The number of carboxylic acid groups (broad SMARTS) is 1. The third-order valence-electron chi connectivity index (χ3n) is 3.64. The predicted molar refractivity (Wildman–Crippen MR) is 76.6 cm³/mol. The van der Waals surface area contributed by atoms with Crippen LogP contribution in [0, 0.1) is 5.92 Å². The van der Waals surface area contributed by atoms with Crippen molar-refractivity contribution in [3.63, 3.8) is 0 Å². The molecule has 0 aliphatic carbocycles. The van der Waals surface area contributed by atoms with E-state index < -0.39 is 17.9 Å². The van der Waals surface area contributed by atoms with Gasteiger partial charge in [0.1, 0.15) is 0 Å². The molecule has 1 amide bonds. The van der Waals surface area contributed by atoms with Gasteiger partial charge in [-0.25, -0.2) is 0 Å². The van der Waals surface area contributed by atoms with E-state index in [1.165, 1.54) is 0 Å². The van der Waals surface area contributed by atoms with Crippen LogP contribution in [0.5, 0.6) is 0 Å². The third kappa shape index (κ3) is 2.52. The SMILES string of the molecule is CC(NC(=O)c1cn(C)c2ccccc12)C(C)C(=O)O. The van der Waals surface area contributed by atoms with Crippen molar-refractivity contribution in [2.45, 2.75) is 19.9 Å². The summed E-state index contributed by atoms with van der Waals surface area (Å²) in [6.07, 6.45) is 1.76. The van der Waals surface area contributed by atoms with Gasteiger partial charge in [-0.1, -0.05) is 18.2 Å². The molecule has 1 aromatic carbocycles. The van der Waals surface area contributed by atoms with Gasteiger partial charge in [0.15, 0.2) is 0 Å². The molecule has 2 unspecified atom stereocenters. The van der Waals surface area contributed by atoms with E-state index >= 15 is 0 Å². The number of aromatic nitrogens is 1. The van der Waals surface area contributed by atoms with Crippen molar-refractivity contribution < 1.29 is 14.7 Å². The number of fused-ring (bicyclic) bond motifs is 1. The van der Waals surface area contributed by atoms with Gasteiger partial charge in [0, 0.05) is 30.2 Å². The monoisotopic (exact) mass is 274 g/mol. The van der Waals surface area contributed by atoms with Gasteiger partial charge >= 0.3 is 5.97 Å². The second-order valence-electron chi connectivity index (χ2n) is 5.06. The van der Waals surface area contributed by atoms with Gasteiger partial charge in [0.05, 0.1) is 11.5 Å². The Balaban J connectivity index is 2.26. The minimum atomic E-state index is -0.921. The van der Waals surface area contributed by atoms with Gasteiger partial charge < -0.3 is 15.0 Å². The molecule has 2 rings (SSSR count). The molecule has 0 saturated carbocycles. The normalized spacial score (nSPS) is 13.9. The Kier molecular flexibility index (Phi) is 3.79. The second kappa shape index (κ2) is 5.36. The number of amides is 1.